The molecule has 1 aliphatic rings. The second-order valence-electron chi connectivity index (χ2n) is 7.64. The van der Waals surface area contributed by atoms with Gasteiger partial charge in [-0.05, 0) is 25.5 Å². The van der Waals surface area contributed by atoms with E-state index in [4.69, 9.17) is 0 Å². The number of hydrogen-bond donors (Lipinski definition) is 1. The maximum Gasteiger partial charge on any atom is 0.417 e. The molecule has 0 aliphatic carbocycles. The Hall–Kier alpha value is -3.19. The monoisotopic (exact) mass is 429 g/mol. The second kappa shape index (κ2) is 8.15. The van der Waals surface area contributed by atoms with E-state index in [9.17, 15) is 18.4 Å². The Morgan fingerprint density at radius 1 is 1.26 bits per heavy atom. The molecular weight excluding hydrogens is 407 g/mol. The van der Waals surface area contributed by atoms with Crippen LogP contribution in [0.1, 0.15) is 30.9 Å². The van der Waals surface area contributed by atoms with Crippen LogP contribution in [0.25, 0.3) is 22.3 Å². The number of fused-ring (bicyclic) bond motifs is 1. The highest BCUT2D eigenvalue weighted by atomic mass is 19.4. The summed E-state index contributed by atoms with van der Waals surface area (Å²) in [6, 6.07) is 3.33. The Bertz CT molecular complexity index is 1120. The average molecular weight is 429 g/mol. The van der Waals surface area contributed by atoms with Crippen LogP contribution in [0.15, 0.2) is 24.7 Å². The highest BCUT2D eigenvalue weighted by Gasteiger charge is 2.32. The lowest BCUT2D eigenvalue weighted by Gasteiger charge is -2.36. The smallest absolute Gasteiger partial charge is 0.345 e. The number of rotatable bonds is 4. The number of likely N-dealkylation sites (tertiary alicyclic amines) is 1. The molecule has 3 aromatic rings. The molecular formula is C21H22F3N7. The van der Waals surface area contributed by atoms with E-state index < -0.39 is 11.7 Å². The van der Waals surface area contributed by atoms with E-state index in [1.165, 1.54) is 12.4 Å². The van der Waals surface area contributed by atoms with E-state index in [-0.39, 0.29) is 22.7 Å². The normalized spacial score (nSPS) is 15.9. The largest absolute Gasteiger partial charge is 0.417 e. The van der Waals surface area contributed by atoms with Crippen LogP contribution in [0.3, 0.4) is 0 Å². The lowest BCUT2D eigenvalue weighted by atomic mass is 10.0. The van der Waals surface area contributed by atoms with Gasteiger partial charge in [0.2, 0.25) is 5.95 Å². The molecule has 0 unspecified atom stereocenters. The fourth-order valence-corrected chi connectivity index (χ4v) is 3.97. The third-order valence-corrected chi connectivity index (χ3v) is 5.88. The van der Waals surface area contributed by atoms with Crippen molar-refractivity contribution in [3.8, 4) is 17.3 Å². The first-order valence-corrected chi connectivity index (χ1v) is 10.1. The molecule has 10 heteroatoms. The molecule has 0 amide bonds. The molecule has 1 aliphatic heterocycles. The number of piperidine rings is 1. The van der Waals surface area contributed by atoms with E-state index >= 15 is 0 Å². The minimum absolute atomic E-state index is 0.191. The lowest BCUT2D eigenvalue weighted by Crippen LogP contribution is -2.43. The van der Waals surface area contributed by atoms with E-state index in [0.717, 1.165) is 44.7 Å². The zero-order chi connectivity index (χ0) is 22.2. The van der Waals surface area contributed by atoms with Crippen molar-refractivity contribution < 1.29 is 13.2 Å². The van der Waals surface area contributed by atoms with Crippen LogP contribution in [0.2, 0.25) is 0 Å². The first-order chi connectivity index (χ1) is 14.8. The van der Waals surface area contributed by atoms with E-state index in [2.05, 4.69) is 31.8 Å². The molecule has 1 fully saturated rings. The summed E-state index contributed by atoms with van der Waals surface area (Å²) in [6.45, 7) is 5.13. The first kappa shape index (κ1) is 21.1. The number of anilines is 1. The van der Waals surface area contributed by atoms with Crippen LogP contribution < -0.4 is 4.90 Å². The molecule has 162 valence electrons. The minimum Gasteiger partial charge on any atom is -0.345 e. The van der Waals surface area contributed by atoms with Crippen molar-refractivity contribution >= 4 is 17.0 Å². The summed E-state index contributed by atoms with van der Waals surface area (Å²) in [6.07, 6.45) is 1.16. The summed E-state index contributed by atoms with van der Waals surface area (Å²) in [7, 11) is 1.91. The number of hydrogen-bond acceptors (Lipinski definition) is 6. The molecule has 0 atom stereocenters. The molecule has 31 heavy (non-hydrogen) atoms. The van der Waals surface area contributed by atoms with E-state index in [0.29, 0.717) is 17.2 Å². The molecule has 0 aromatic carbocycles. The first-order valence-electron chi connectivity index (χ1n) is 10.1. The van der Waals surface area contributed by atoms with E-state index in [1.54, 1.807) is 0 Å². The molecule has 1 saturated heterocycles. The maximum absolute atomic E-state index is 13.2. The molecule has 0 spiro atoms. The fourth-order valence-electron chi connectivity index (χ4n) is 3.97. The summed E-state index contributed by atoms with van der Waals surface area (Å²) in [4.78, 5) is 20.1. The highest BCUT2D eigenvalue weighted by molar-refractivity contribution is 5.94. The zero-order valence-electron chi connectivity index (χ0n) is 17.2. The third kappa shape index (κ3) is 4.05. The van der Waals surface area contributed by atoms with Crippen LogP contribution in [-0.2, 0) is 6.18 Å². The summed E-state index contributed by atoms with van der Waals surface area (Å²) >= 11 is 0. The van der Waals surface area contributed by atoms with Crippen molar-refractivity contribution in [2.45, 2.75) is 32.0 Å². The molecule has 4 heterocycles. The topological polar surface area (TPSA) is 84.7 Å². The predicted molar refractivity (Wildman–Crippen MR) is 110 cm³/mol. The van der Waals surface area contributed by atoms with Crippen LogP contribution in [0, 0.1) is 11.3 Å². The molecule has 7 nitrogen and oxygen atoms in total. The number of halogens is 3. The number of nitriles is 1. The number of aromatic nitrogens is 4. The highest BCUT2D eigenvalue weighted by Crippen LogP contribution is 2.35. The Morgan fingerprint density at radius 3 is 2.65 bits per heavy atom. The van der Waals surface area contributed by atoms with Crippen LogP contribution in [-0.4, -0.2) is 57.6 Å². The number of pyridine rings is 1. The Balaban J connectivity index is 1.73. The summed E-state index contributed by atoms with van der Waals surface area (Å²) in [5.41, 5.74) is 0.317. The van der Waals surface area contributed by atoms with Crippen molar-refractivity contribution in [1.29, 1.82) is 5.26 Å². The van der Waals surface area contributed by atoms with Gasteiger partial charge < -0.3 is 14.8 Å². The molecule has 4 rings (SSSR count). The summed E-state index contributed by atoms with van der Waals surface area (Å²) < 4.78 is 39.6. The van der Waals surface area contributed by atoms with Gasteiger partial charge in [-0.3, -0.25) is 0 Å². The summed E-state index contributed by atoms with van der Waals surface area (Å²) in [5, 5.41) is 9.81. The Labute approximate surface area is 177 Å². The van der Waals surface area contributed by atoms with E-state index in [1.807, 2.05) is 18.0 Å². The third-order valence-electron chi connectivity index (χ3n) is 5.88. The minimum atomic E-state index is -4.52. The molecule has 0 saturated carbocycles. The van der Waals surface area contributed by atoms with Crippen LogP contribution in [0.5, 0.6) is 0 Å². The average Bonchev–Trinajstić information content (AvgIpc) is 3.21. The SMILES string of the molecule is CCN1CCC(N(C)c2ncc(C#N)c(-c3c[nH]c4ncc(C(F)(F)F)cc34)n2)CC1. The second-order valence-corrected chi connectivity index (χ2v) is 7.64. The van der Waals surface area contributed by atoms with Gasteiger partial charge in [0.05, 0.1) is 23.0 Å². The van der Waals surface area contributed by atoms with Gasteiger partial charge in [-0.2, -0.15) is 18.4 Å². The van der Waals surface area contributed by atoms with Gasteiger partial charge in [-0.15, -0.1) is 0 Å². The number of nitrogens with zero attached hydrogens (tertiary/aromatic N) is 6. The van der Waals surface area contributed by atoms with Crippen LogP contribution in [0.4, 0.5) is 19.1 Å². The van der Waals surface area contributed by atoms with Crippen molar-refractivity contribution in [3.63, 3.8) is 0 Å². The fraction of sp³-hybridized carbons (Fsp3) is 0.429. The van der Waals surface area contributed by atoms with Crippen molar-refractivity contribution in [2.24, 2.45) is 0 Å². The maximum atomic E-state index is 13.2. The number of alkyl halides is 3. The molecule has 0 radical (unpaired) electrons. The van der Waals surface area contributed by atoms with Gasteiger partial charge in [0.15, 0.2) is 0 Å². The van der Waals surface area contributed by atoms with Gasteiger partial charge >= 0.3 is 6.18 Å². The molecule has 1 N–H and O–H groups in total. The number of H-pyrrole nitrogens is 1. The standard InChI is InChI=1S/C21H22F3N7/c1-3-31-6-4-15(5-7-31)30(2)20-28-10-13(9-25)18(29-20)17-12-27-19-16(17)8-14(11-26-19)21(22,23)24/h8,10-12,15H,3-7H2,1-2H3,(H,26,27). The van der Waals surface area contributed by atoms with Crippen molar-refractivity contribution in [1.82, 2.24) is 24.8 Å². The Kier molecular flexibility index (Phi) is 5.54. The van der Waals surface area contributed by atoms with Gasteiger partial charge in [-0.1, -0.05) is 6.92 Å². The molecule has 3 aromatic heterocycles. The van der Waals surface area contributed by atoms with Crippen molar-refractivity contribution in [2.75, 3.05) is 31.6 Å². The van der Waals surface area contributed by atoms with Gasteiger partial charge in [0.1, 0.15) is 11.7 Å². The zero-order valence-corrected chi connectivity index (χ0v) is 17.2. The number of nitrogens with one attached hydrogen (secondary N) is 1. The van der Waals surface area contributed by atoms with Gasteiger partial charge in [0, 0.05) is 49.5 Å². The van der Waals surface area contributed by atoms with Crippen molar-refractivity contribution in [3.05, 3.63) is 35.8 Å². The molecule has 0 bridgehead atoms. The predicted octanol–water partition coefficient (Wildman–Crippen LogP) is 3.83. The quantitative estimate of drug-likeness (QED) is 0.679. The summed E-state index contributed by atoms with van der Waals surface area (Å²) in [5.74, 6) is 0.443. The van der Waals surface area contributed by atoms with Gasteiger partial charge in [0.25, 0.3) is 0 Å². The van der Waals surface area contributed by atoms with Gasteiger partial charge in [-0.25, -0.2) is 15.0 Å². The Morgan fingerprint density at radius 2 is 2.00 bits per heavy atom. The lowest BCUT2D eigenvalue weighted by molar-refractivity contribution is -0.137. The van der Waals surface area contributed by atoms with Crippen LogP contribution >= 0.6 is 0 Å². The number of aromatic amines is 1.